The zero-order chi connectivity index (χ0) is 10.8. The Kier molecular flexibility index (Phi) is 2.86. The van der Waals surface area contributed by atoms with E-state index in [2.05, 4.69) is 10.3 Å². The minimum atomic E-state index is -0.992. The molecule has 0 saturated carbocycles. The molecular formula is C10H14N2O2. The van der Waals surface area contributed by atoms with Gasteiger partial charge in [-0.05, 0) is 26.0 Å². The minimum Gasteiger partial charge on any atom is -0.384 e. The summed E-state index contributed by atoms with van der Waals surface area (Å²) < 4.78 is 0. The van der Waals surface area contributed by atoms with Crippen LogP contribution in [0.15, 0.2) is 18.2 Å². The van der Waals surface area contributed by atoms with E-state index in [4.69, 9.17) is 0 Å². The lowest BCUT2D eigenvalue weighted by Gasteiger charge is -2.16. The number of anilines is 1. The van der Waals surface area contributed by atoms with Gasteiger partial charge in [-0.3, -0.25) is 4.79 Å². The molecule has 4 heteroatoms. The lowest BCUT2D eigenvalue weighted by atomic mass is 10.1. The molecule has 4 nitrogen and oxygen atoms in total. The van der Waals surface area contributed by atoms with Crippen molar-refractivity contribution in [2.75, 3.05) is 5.32 Å². The minimum absolute atomic E-state index is 0.176. The fourth-order valence-electron chi connectivity index (χ4n) is 1.03. The second-order valence-corrected chi connectivity index (χ2v) is 3.65. The molecule has 0 saturated heterocycles. The third kappa shape index (κ3) is 2.81. The first kappa shape index (κ1) is 10.7. The highest BCUT2D eigenvalue weighted by atomic mass is 16.3. The molecule has 1 rings (SSSR count). The Labute approximate surface area is 83.0 Å². The second-order valence-electron chi connectivity index (χ2n) is 3.65. The van der Waals surface area contributed by atoms with Crippen molar-refractivity contribution in [1.29, 1.82) is 0 Å². The predicted molar refractivity (Wildman–Crippen MR) is 53.8 cm³/mol. The van der Waals surface area contributed by atoms with Gasteiger partial charge in [0.15, 0.2) is 0 Å². The van der Waals surface area contributed by atoms with E-state index >= 15 is 0 Å². The van der Waals surface area contributed by atoms with E-state index in [-0.39, 0.29) is 5.91 Å². The van der Waals surface area contributed by atoms with E-state index in [1.165, 1.54) is 6.92 Å². The van der Waals surface area contributed by atoms with Crippen LogP contribution in [-0.4, -0.2) is 16.0 Å². The first-order valence-corrected chi connectivity index (χ1v) is 4.37. The molecular weight excluding hydrogens is 180 g/mol. The van der Waals surface area contributed by atoms with Crippen LogP contribution < -0.4 is 5.32 Å². The van der Waals surface area contributed by atoms with Gasteiger partial charge >= 0.3 is 0 Å². The zero-order valence-corrected chi connectivity index (χ0v) is 8.53. The number of carbonyl (C=O) groups excluding carboxylic acids is 1. The molecule has 0 aliphatic heterocycles. The van der Waals surface area contributed by atoms with Crippen molar-refractivity contribution in [3.63, 3.8) is 0 Å². The zero-order valence-electron chi connectivity index (χ0n) is 8.53. The van der Waals surface area contributed by atoms with Gasteiger partial charge in [-0.2, -0.15) is 0 Å². The van der Waals surface area contributed by atoms with Crippen molar-refractivity contribution < 1.29 is 9.90 Å². The molecule has 1 amide bonds. The van der Waals surface area contributed by atoms with Crippen LogP contribution in [0.5, 0.6) is 0 Å². The van der Waals surface area contributed by atoms with E-state index < -0.39 is 5.60 Å². The molecule has 0 radical (unpaired) electrons. The Morgan fingerprint density at radius 1 is 1.50 bits per heavy atom. The van der Waals surface area contributed by atoms with Crippen LogP contribution in [-0.2, 0) is 10.4 Å². The molecule has 14 heavy (non-hydrogen) atoms. The topological polar surface area (TPSA) is 62.2 Å². The Morgan fingerprint density at radius 2 is 2.14 bits per heavy atom. The van der Waals surface area contributed by atoms with Gasteiger partial charge in [0.25, 0.3) is 0 Å². The average Bonchev–Trinajstić information content (AvgIpc) is 2.01. The molecule has 0 aromatic carbocycles. The standard InChI is InChI=1S/C10H14N2O2/c1-7(13)11-9-6-4-5-8(12-9)10(2,3)14/h4-6,14H,1-3H3,(H,11,12,13). The summed E-state index contributed by atoms with van der Waals surface area (Å²) >= 11 is 0. The average molecular weight is 194 g/mol. The first-order chi connectivity index (χ1) is 6.39. The molecule has 0 bridgehead atoms. The number of amides is 1. The Balaban J connectivity index is 2.95. The largest absolute Gasteiger partial charge is 0.384 e. The maximum atomic E-state index is 10.8. The quantitative estimate of drug-likeness (QED) is 0.745. The smallest absolute Gasteiger partial charge is 0.222 e. The number of nitrogens with one attached hydrogen (secondary N) is 1. The number of aromatic nitrogens is 1. The summed E-state index contributed by atoms with van der Waals surface area (Å²) in [4.78, 5) is 14.9. The van der Waals surface area contributed by atoms with E-state index in [9.17, 15) is 9.90 Å². The van der Waals surface area contributed by atoms with E-state index in [0.717, 1.165) is 0 Å². The van der Waals surface area contributed by atoms with Crippen LogP contribution in [0, 0.1) is 0 Å². The third-order valence-corrected chi connectivity index (χ3v) is 1.68. The number of hydrogen-bond donors (Lipinski definition) is 2. The van der Waals surface area contributed by atoms with Crippen molar-refractivity contribution in [1.82, 2.24) is 4.98 Å². The van der Waals surface area contributed by atoms with E-state index in [1.807, 2.05) is 0 Å². The highest BCUT2D eigenvalue weighted by molar-refractivity contribution is 5.87. The van der Waals surface area contributed by atoms with Gasteiger partial charge < -0.3 is 10.4 Å². The normalized spacial score (nSPS) is 11.1. The summed E-state index contributed by atoms with van der Waals surface area (Å²) in [5.74, 6) is 0.280. The molecule has 1 heterocycles. The summed E-state index contributed by atoms with van der Waals surface area (Å²) in [6.07, 6.45) is 0. The van der Waals surface area contributed by atoms with Gasteiger partial charge in [-0.25, -0.2) is 4.98 Å². The molecule has 1 aromatic heterocycles. The van der Waals surface area contributed by atoms with Crippen molar-refractivity contribution in [2.24, 2.45) is 0 Å². The van der Waals surface area contributed by atoms with Gasteiger partial charge in [0.2, 0.25) is 5.91 Å². The molecule has 0 aliphatic rings. The van der Waals surface area contributed by atoms with Crippen molar-refractivity contribution >= 4 is 11.7 Å². The van der Waals surface area contributed by atoms with Gasteiger partial charge in [-0.15, -0.1) is 0 Å². The number of pyridine rings is 1. The van der Waals surface area contributed by atoms with Gasteiger partial charge in [0.05, 0.1) is 5.69 Å². The fraction of sp³-hybridized carbons (Fsp3) is 0.400. The van der Waals surface area contributed by atoms with Gasteiger partial charge in [0.1, 0.15) is 11.4 Å². The third-order valence-electron chi connectivity index (χ3n) is 1.68. The SMILES string of the molecule is CC(=O)Nc1cccc(C(C)(C)O)n1. The monoisotopic (exact) mass is 194 g/mol. The van der Waals surface area contributed by atoms with Crippen molar-refractivity contribution in [3.8, 4) is 0 Å². The maximum absolute atomic E-state index is 10.8. The predicted octanol–water partition coefficient (Wildman–Crippen LogP) is 1.27. The number of carbonyl (C=O) groups is 1. The molecule has 0 aliphatic carbocycles. The van der Waals surface area contributed by atoms with E-state index in [0.29, 0.717) is 11.5 Å². The lowest BCUT2D eigenvalue weighted by molar-refractivity contribution is -0.114. The summed E-state index contributed by atoms with van der Waals surface area (Å²) in [6, 6.07) is 5.13. The number of rotatable bonds is 2. The van der Waals surface area contributed by atoms with Gasteiger partial charge in [-0.1, -0.05) is 6.07 Å². The molecule has 0 unspecified atom stereocenters. The molecule has 0 atom stereocenters. The summed E-state index contributed by atoms with van der Waals surface area (Å²) in [7, 11) is 0. The Bertz CT molecular complexity index is 342. The molecule has 76 valence electrons. The number of nitrogens with zero attached hydrogens (tertiary/aromatic N) is 1. The van der Waals surface area contributed by atoms with Crippen LogP contribution in [0.4, 0.5) is 5.82 Å². The molecule has 0 fully saturated rings. The van der Waals surface area contributed by atoms with Crippen molar-refractivity contribution in [3.05, 3.63) is 23.9 Å². The number of aliphatic hydroxyl groups is 1. The van der Waals surface area contributed by atoms with Crippen LogP contribution in [0.25, 0.3) is 0 Å². The second kappa shape index (κ2) is 3.75. The van der Waals surface area contributed by atoms with Gasteiger partial charge in [0, 0.05) is 6.92 Å². The summed E-state index contributed by atoms with van der Waals surface area (Å²) in [5, 5.41) is 12.2. The van der Waals surface area contributed by atoms with E-state index in [1.54, 1.807) is 32.0 Å². The van der Waals surface area contributed by atoms with Crippen LogP contribution in [0.3, 0.4) is 0 Å². The molecule has 2 N–H and O–H groups in total. The first-order valence-electron chi connectivity index (χ1n) is 4.37. The molecule has 0 spiro atoms. The molecule has 1 aromatic rings. The van der Waals surface area contributed by atoms with Crippen LogP contribution in [0.2, 0.25) is 0 Å². The lowest BCUT2D eigenvalue weighted by Crippen LogP contribution is -2.18. The summed E-state index contributed by atoms with van der Waals surface area (Å²) in [6.45, 7) is 4.71. The Morgan fingerprint density at radius 3 is 2.64 bits per heavy atom. The maximum Gasteiger partial charge on any atom is 0.222 e. The van der Waals surface area contributed by atoms with Crippen LogP contribution in [0.1, 0.15) is 26.5 Å². The number of hydrogen-bond acceptors (Lipinski definition) is 3. The van der Waals surface area contributed by atoms with Crippen LogP contribution >= 0.6 is 0 Å². The highest BCUT2D eigenvalue weighted by Gasteiger charge is 2.17. The Hall–Kier alpha value is -1.42. The van der Waals surface area contributed by atoms with Crippen molar-refractivity contribution in [2.45, 2.75) is 26.4 Å². The highest BCUT2D eigenvalue weighted by Crippen LogP contribution is 2.18. The summed E-state index contributed by atoms with van der Waals surface area (Å²) in [5.41, 5.74) is -0.460. The fourth-order valence-corrected chi connectivity index (χ4v) is 1.03.